The first-order valence-corrected chi connectivity index (χ1v) is 13.8. The van der Waals surface area contributed by atoms with Gasteiger partial charge in [0.25, 0.3) is 0 Å². The number of aromatic nitrogens is 1. The molecule has 0 radical (unpaired) electrons. The number of aliphatic carboxylic acids is 2. The van der Waals surface area contributed by atoms with Crippen LogP contribution >= 0.6 is 23.4 Å². The molecular weight excluding hydrogens is 518 g/mol. The summed E-state index contributed by atoms with van der Waals surface area (Å²) in [5.74, 6) is -2.51. The smallest absolute Gasteiger partial charge is 0.335 e. The maximum absolute atomic E-state index is 9.77. The van der Waals surface area contributed by atoms with E-state index < -0.39 is 24.1 Å². The Morgan fingerprint density at radius 1 is 1.05 bits per heavy atom. The first-order valence-electron chi connectivity index (χ1n) is 12.4. The average molecular weight is 552 g/mol. The zero-order valence-corrected chi connectivity index (χ0v) is 22.1. The second-order valence-corrected chi connectivity index (χ2v) is 10.8. The van der Waals surface area contributed by atoms with Crippen molar-refractivity contribution in [3.05, 3.63) is 57.9 Å². The first kappa shape index (κ1) is 29.2. The number of rotatable bonds is 9. The molecule has 37 heavy (non-hydrogen) atoms. The fourth-order valence-electron chi connectivity index (χ4n) is 4.30. The van der Waals surface area contributed by atoms with Gasteiger partial charge in [0.05, 0.1) is 16.4 Å². The molecule has 6 N–H and O–H groups in total. The Balaban J connectivity index is 0.000000325. The maximum atomic E-state index is 9.77. The number of thioether (sulfide) groups is 1. The molecule has 2 heterocycles. The minimum absolute atomic E-state index is 0.757. The van der Waals surface area contributed by atoms with Crippen molar-refractivity contribution >= 4 is 41.0 Å². The molecule has 11 heteroatoms. The monoisotopic (exact) mass is 551 g/mol. The maximum Gasteiger partial charge on any atom is 0.335 e. The summed E-state index contributed by atoms with van der Waals surface area (Å²) in [5, 5.41) is 41.2. The molecule has 0 bridgehead atoms. The number of nitrogens with one attached hydrogen (secondary N) is 2. The zero-order valence-electron chi connectivity index (χ0n) is 20.5. The molecule has 4 rings (SSSR count). The lowest BCUT2D eigenvalue weighted by molar-refractivity contribution is -0.165. The summed E-state index contributed by atoms with van der Waals surface area (Å²) in [5.41, 5.74) is 6.26. The van der Waals surface area contributed by atoms with Crippen molar-refractivity contribution in [3.8, 4) is 0 Å². The number of nitrogens with zero attached hydrogens (tertiary/aromatic N) is 1. The van der Waals surface area contributed by atoms with Crippen molar-refractivity contribution in [1.82, 2.24) is 10.3 Å². The second kappa shape index (κ2) is 14.5. The van der Waals surface area contributed by atoms with Gasteiger partial charge in [0.2, 0.25) is 0 Å². The minimum atomic E-state index is -2.27. The Bertz CT molecular complexity index is 1030. The number of hydrogen-bond acceptors (Lipinski definition) is 8. The number of fused-ring (bicyclic) bond motifs is 1. The number of carboxylic acids is 2. The van der Waals surface area contributed by atoms with Crippen LogP contribution < -0.4 is 10.6 Å². The quantitative estimate of drug-likeness (QED) is 0.274. The second-order valence-electron chi connectivity index (χ2n) is 9.11. The fraction of sp³-hybridized carbons (Fsp3) is 0.500. The number of aliphatic hydroxyl groups is 2. The summed E-state index contributed by atoms with van der Waals surface area (Å²) in [6.45, 7) is 2.81. The van der Waals surface area contributed by atoms with E-state index in [1.165, 1.54) is 48.1 Å². The highest BCUT2D eigenvalue weighted by molar-refractivity contribution is 7.99. The number of carboxylic acid groups (broad SMARTS) is 2. The molecule has 0 amide bonds. The number of halogens is 1. The normalized spacial score (nSPS) is 17.1. The van der Waals surface area contributed by atoms with Gasteiger partial charge in [0.1, 0.15) is 0 Å². The summed E-state index contributed by atoms with van der Waals surface area (Å²) in [6, 6.07) is 8.57. The predicted molar refractivity (Wildman–Crippen MR) is 144 cm³/mol. The van der Waals surface area contributed by atoms with E-state index in [0.717, 1.165) is 54.2 Å². The average Bonchev–Trinajstić information content (AvgIpc) is 3.30. The van der Waals surface area contributed by atoms with Gasteiger partial charge in [0.15, 0.2) is 12.2 Å². The van der Waals surface area contributed by atoms with Gasteiger partial charge in [0, 0.05) is 23.7 Å². The molecule has 0 spiro atoms. The van der Waals surface area contributed by atoms with Crippen molar-refractivity contribution in [2.75, 3.05) is 18.4 Å². The molecule has 2 aliphatic rings. The van der Waals surface area contributed by atoms with Gasteiger partial charge in [-0.1, -0.05) is 36.6 Å². The highest BCUT2D eigenvalue weighted by atomic mass is 35.5. The third-order valence-electron chi connectivity index (χ3n) is 6.41. The predicted octanol–water partition coefficient (Wildman–Crippen LogP) is 3.09. The van der Waals surface area contributed by atoms with Crippen molar-refractivity contribution in [2.24, 2.45) is 0 Å². The Hall–Kier alpha value is -2.37. The summed E-state index contributed by atoms with van der Waals surface area (Å²) in [4.78, 5) is 24.2. The lowest BCUT2D eigenvalue weighted by Crippen LogP contribution is -2.39. The van der Waals surface area contributed by atoms with E-state index >= 15 is 0 Å². The van der Waals surface area contributed by atoms with E-state index in [0.29, 0.717) is 0 Å². The molecule has 0 unspecified atom stereocenters. The molecule has 0 saturated heterocycles. The van der Waals surface area contributed by atoms with Crippen molar-refractivity contribution in [1.29, 1.82) is 0 Å². The van der Waals surface area contributed by atoms with Crippen molar-refractivity contribution in [2.45, 2.75) is 68.3 Å². The van der Waals surface area contributed by atoms with E-state index in [1.807, 2.05) is 12.3 Å². The number of anilines is 1. The molecule has 1 saturated carbocycles. The van der Waals surface area contributed by atoms with Crippen LogP contribution in [0, 0.1) is 0 Å². The molecule has 1 aromatic heterocycles. The van der Waals surface area contributed by atoms with Gasteiger partial charge in [-0.2, -0.15) is 11.8 Å². The molecular formula is C26H34ClN3O6S. The number of pyridine rings is 1. The molecule has 202 valence electrons. The number of hydrogen-bond donors (Lipinski definition) is 6. The molecule has 1 aromatic carbocycles. The third-order valence-corrected chi connectivity index (χ3v) is 8.13. The molecule has 1 fully saturated rings. The summed E-state index contributed by atoms with van der Waals surface area (Å²) in [7, 11) is 0. The van der Waals surface area contributed by atoms with Gasteiger partial charge >= 0.3 is 11.9 Å². The van der Waals surface area contributed by atoms with Crippen LogP contribution in [0.15, 0.2) is 30.5 Å². The Morgan fingerprint density at radius 2 is 1.73 bits per heavy atom. The van der Waals surface area contributed by atoms with Gasteiger partial charge in [-0.3, -0.25) is 4.98 Å². The molecule has 9 nitrogen and oxygen atoms in total. The molecule has 2 atom stereocenters. The Morgan fingerprint density at radius 3 is 2.35 bits per heavy atom. The van der Waals surface area contributed by atoms with Crippen LogP contribution in [0.25, 0.3) is 0 Å². The van der Waals surface area contributed by atoms with Crippen molar-refractivity contribution in [3.63, 3.8) is 0 Å². The van der Waals surface area contributed by atoms with Crippen LogP contribution in [-0.4, -0.2) is 67.9 Å². The van der Waals surface area contributed by atoms with Crippen LogP contribution in [0.1, 0.15) is 48.1 Å². The van der Waals surface area contributed by atoms with E-state index in [4.69, 9.17) is 32.0 Å². The number of benzene rings is 1. The lowest BCUT2D eigenvalue weighted by atomic mass is 10.0. The van der Waals surface area contributed by atoms with E-state index in [-0.39, 0.29) is 0 Å². The van der Waals surface area contributed by atoms with Crippen LogP contribution in [0.4, 0.5) is 5.69 Å². The van der Waals surface area contributed by atoms with Crippen LogP contribution in [0.5, 0.6) is 0 Å². The zero-order chi connectivity index (χ0) is 26.8. The fourth-order valence-corrected chi connectivity index (χ4v) is 5.79. The van der Waals surface area contributed by atoms with Gasteiger partial charge in [-0.05, 0) is 67.6 Å². The Kier molecular flexibility index (Phi) is 11.5. The highest BCUT2D eigenvalue weighted by Crippen LogP contribution is 2.32. The van der Waals surface area contributed by atoms with Gasteiger partial charge in [-0.25, -0.2) is 9.59 Å². The summed E-state index contributed by atoms with van der Waals surface area (Å²) < 4.78 is 0. The number of aliphatic hydroxyl groups excluding tert-OH is 2. The molecule has 1 aliphatic carbocycles. The molecule has 2 aromatic rings. The first-order chi connectivity index (χ1) is 17.8. The summed E-state index contributed by atoms with van der Waals surface area (Å²) >= 11 is 8.58. The highest BCUT2D eigenvalue weighted by Gasteiger charge is 2.29. The van der Waals surface area contributed by atoms with E-state index in [1.54, 1.807) is 0 Å². The standard InChI is InChI=1S/C22H28ClN3S.C4H6O6/c23-21-8-6-17-9-11-24-12-10-20(17)22(21)26-14-16-5-7-18(25-13-16)15-27-19-3-1-2-4-19;5-1(3(7)8)2(6)4(9)10/h5-8,13,19,24,26H,1-4,9-12,14-15H2;1-2,5-6H,(H,7,8)(H,9,10)/t;1-,2-/m.1/s1. The minimum Gasteiger partial charge on any atom is -0.479 e. The third kappa shape index (κ3) is 8.86. The van der Waals surface area contributed by atoms with E-state index in [9.17, 15) is 9.59 Å². The van der Waals surface area contributed by atoms with Crippen LogP contribution in [0.3, 0.4) is 0 Å². The number of carbonyl (C=O) groups is 2. The van der Waals surface area contributed by atoms with Gasteiger partial charge < -0.3 is 31.1 Å². The van der Waals surface area contributed by atoms with Crippen LogP contribution in [-0.2, 0) is 34.7 Å². The summed E-state index contributed by atoms with van der Waals surface area (Å²) in [6.07, 6.45) is 5.12. The van der Waals surface area contributed by atoms with Crippen molar-refractivity contribution < 1.29 is 30.0 Å². The topological polar surface area (TPSA) is 152 Å². The van der Waals surface area contributed by atoms with E-state index in [2.05, 4.69) is 45.6 Å². The van der Waals surface area contributed by atoms with Gasteiger partial charge in [-0.15, -0.1) is 0 Å². The SMILES string of the molecule is Clc1ccc2c(c1NCc1ccc(CSC3CCCC3)nc1)CCNCC2.O=C(O)[C@H](O)[C@@H](O)C(=O)O. The lowest BCUT2D eigenvalue weighted by Gasteiger charge is -2.16. The largest absolute Gasteiger partial charge is 0.479 e. The Labute approximate surface area is 225 Å². The molecule has 1 aliphatic heterocycles. The van der Waals surface area contributed by atoms with Crippen LogP contribution in [0.2, 0.25) is 5.02 Å².